The van der Waals surface area contributed by atoms with Crippen LogP contribution in [0.2, 0.25) is 0 Å². The average molecular weight is 299 g/mol. The maximum atomic E-state index is 10.3. The van der Waals surface area contributed by atoms with E-state index in [9.17, 15) is 4.79 Å². The molecular weight excluding hydrogens is 274 g/mol. The van der Waals surface area contributed by atoms with Gasteiger partial charge in [-0.1, -0.05) is 76.4 Å². The number of nitrogens with zero attached hydrogens (tertiary/aromatic N) is 1. The minimum absolute atomic E-state index is 0.0392. The van der Waals surface area contributed by atoms with Gasteiger partial charge in [0.05, 0.1) is 6.07 Å². The largest absolute Gasteiger partial charge is 0.478 e. The van der Waals surface area contributed by atoms with Crippen LogP contribution in [0.1, 0.15) is 33.3 Å². The predicted octanol–water partition coefficient (Wildman–Crippen LogP) is 5.09. The van der Waals surface area contributed by atoms with E-state index in [2.05, 4.69) is 13.2 Å². The quantitative estimate of drug-likeness (QED) is 0.611. The zero-order valence-corrected chi connectivity index (χ0v) is 13.8. The van der Waals surface area contributed by atoms with Crippen LogP contribution in [-0.4, -0.2) is 11.1 Å². The SMILES string of the molecule is C=CC#N.C=Cc1ccccc1.CC(=CC(C)(C)C)C(=O)O. The van der Waals surface area contributed by atoms with Crippen LogP contribution in [0.4, 0.5) is 0 Å². The summed E-state index contributed by atoms with van der Waals surface area (Å²) in [6.07, 6.45) is 4.76. The molecule has 1 N–H and O–H groups in total. The molecule has 1 aromatic carbocycles. The van der Waals surface area contributed by atoms with E-state index in [1.165, 1.54) is 11.6 Å². The second kappa shape index (κ2) is 12.2. The number of benzene rings is 1. The fourth-order valence-electron chi connectivity index (χ4n) is 1.30. The zero-order valence-electron chi connectivity index (χ0n) is 13.8. The highest BCUT2D eigenvalue weighted by molar-refractivity contribution is 5.85. The third kappa shape index (κ3) is 15.5. The summed E-state index contributed by atoms with van der Waals surface area (Å²) in [5.74, 6) is -0.838. The highest BCUT2D eigenvalue weighted by Gasteiger charge is 2.09. The topological polar surface area (TPSA) is 61.1 Å². The van der Waals surface area contributed by atoms with Gasteiger partial charge >= 0.3 is 5.97 Å². The fraction of sp³-hybridized carbons (Fsp3) is 0.263. The van der Waals surface area contributed by atoms with Gasteiger partial charge in [-0.05, 0) is 17.9 Å². The van der Waals surface area contributed by atoms with Crippen LogP contribution in [0.25, 0.3) is 6.08 Å². The van der Waals surface area contributed by atoms with Crippen molar-refractivity contribution in [1.82, 2.24) is 0 Å². The van der Waals surface area contributed by atoms with Gasteiger partial charge in [0, 0.05) is 11.6 Å². The molecule has 22 heavy (non-hydrogen) atoms. The summed E-state index contributed by atoms with van der Waals surface area (Å²) in [7, 11) is 0. The minimum Gasteiger partial charge on any atom is -0.478 e. The van der Waals surface area contributed by atoms with Gasteiger partial charge in [0.25, 0.3) is 0 Å². The summed E-state index contributed by atoms with van der Waals surface area (Å²) in [5.41, 5.74) is 1.54. The van der Waals surface area contributed by atoms with E-state index in [-0.39, 0.29) is 5.41 Å². The number of carbonyl (C=O) groups is 1. The zero-order chi connectivity index (χ0) is 17.6. The van der Waals surface area contributed by atoms with Crippen LogP contribution in [0.15, 0.2) is 61.2 Å². The number of carboxylic acid groups (broad SMARTS) is 1. The van der Waals surface area contributed by atoms with Crippen LogP contribution in [-0.2, 0) is 4.79 Å². The van der Waals surface area contributed by atoms with Crippen molar-refractivity contribution in [2.24, 2.45) is 5.41 Å². The second-order valence-corrected chi connectivity index (χ2v) is 5.45. The molecule has 0 saturated carbocycles. The Morgan fingerprint density at radius 1 is 1.23 bits per heavy atom. The van der Waals surface area contributed by atoms with Crippen molar-refractivity contribution in [2.45, 2.75) is 27.7 Å². The lowest BCUT2D eigenvalue weighted by Gasteiger charge is -2.11. The molecule has 0 heterocycles. The van der Waals surface area contributed by atoms with Crippen molar-refractivity contribution in [1.29, 1.82) is 5.26 Å². The van der Waals surface area contributed by atoms with Crippen LogP contribution < -0.4 is 0 Å². The van der Waals surface area contributed by atoms with E-state index >= 15 is 0 Å². The summed E-state index contributed by atoms with van der Waals surface area (Å²) in [6, 6.07) is 11.7. The van der Waals surface area contributed by atoms with Crippen LogP contribution >= 0.6 is 0 Å². The van der Waals surface area contributed by atoms with E-state index in [0.717, 1.165) is 0 Å². The van der Waals surface area contributed by atoms with Gasteiger partial charge in [0.15, 0.2) is 0 Å². The van der Waals surface area contributed by atoms with Crippen molar-refractivity contribution in [3.05, 3.63) is 66.8 Å². The van der Waals surface area contributed by atoms with Gasteiger partial charge in [-0.15, -0.1) is 0 Å². The van der Waals surface area contributed by atoms with Gasteiger partial charge in [0.2, 0.25) is 0 Å². The molecule has 0 amide bonds. The molecule has 0 spiro atoms. The first-order valence-electron chi connectivity index (χ1n) is 6.78. The molecule has 0 aliphatic rings. The number of carboxylic acids is 1. The van der Waals surface area contributed by atoms with Crippen LogP contribution in [0, 0.1) is 16.7 Å². The van der Waals surface area contributed by atoms with E-state index in [4.69, 9.17) is 10.4 Å². The molecule has 118 valence electrons. The number of nitriles is 1. The third-order valence-corrected chi connectivity index (χ3v) is 2.11. The molecule has 0 atom stereocenters. The number of rotatable bonds is 2. The van der Waals surface area contributed by atoms with Gasteiger partial charge in [-0.2, -0.15) is 5.26 Å². The molecule has 0 bridgehead atoms. The van der Waals surface area contributed by atoms with Crippen molar-refractivity contribution >= 4 is 12.0 Å². The van der Waals surface area contributed by atoms with Gasteiger partial charge in [0.1, 0.15) is 0 Å². The summed E-state index contributed by atoms with van der Waals surface area (Å²) >= 11 is 0. The van der Waals surface area contributed by atoms with Crippen molar-refractivity contribution in [3.8, 4) is 6.07 Å². The van der Waals surface area contributed by atoms with Crippen molar-refractivity contribution < 1.29 is 9.90 Å². The molecule has 0 unspecified atom stereocenters. The van der Waals surface area contributed by atoms with Crippen molar-refractivity contribution in [3.63, 3.8) is 0 Å². The Labute approximate surface area is 133 Å². The maximum absolute atomic E-state index is 10.3. The minimum atomic E-state index is -0.838. The van der Waals surface area contributed by atoms with E-state index in [1.54, 1.807) is 19.1 Å². The molecule has 0 aliphatic carbocycles. The van der Waals surface area contributed by atoms with Crippen LogP contribution in [0.3, 0.4) is 0 Å². The molecule has 0 saturated heterocycles. The highest BCUT2D eigenvalue weighted by Crippen LogP contribution is 2.17. The molecule has 0 radical (unpaired) electrons. The first-order valence-corrected chi connectivity index (χ1v) is 6.78. The van der Waals surface area contributed by atoms with E-state index < -0.39 is 5.97 Å². The summed E-state index contributed by atoms with van der Waals surface area (Å²) in [4.78, 5) is 10.3. The molecule has 3 heteroatoms. The lowest BCUT2D eigenvalue weighted by molar-refractivity contribution is -0.132. The van der Waals surface area contributed by atoms with Crippen LogP contribution in [0.5, 0.6) is 0 Å². The Hall–Kier alpha value is -2.60. The Morgan fingerprint density at radius 3 is 1.86 bits per heavy atom. The highest BCUT2D eigenvalue weighted by atomic mass is 16.4. The van der Waals surface area contributed by atoms with Gasteiger partial charge in [-0.25, -0.2) is 4.79 Å². The Morgan fingerprint density at radius 2 is 1.68 bits per heavy atom. The normalized spacial score (nSPS) is 9.86. The Bertz CT molecular complexity index is 529. The first-order chi connectivity index (χ1) is 10.2. The van der Waals surface area contributed by atoms with E-state index in [1.807, 2.05) is 57.2 Å². The number of aliphatic carboxylic acids is 1. The molecule has 3 nitrogen and oxygen atoms in total. The molecule has 1 rings (SSSR count). The Balaban J connectivity index is 0. The van der Waals surface area contributed by atoms with Gasteiger partial charge < -0.3 is 5.11 Å². The molecule has 0 aromatic heterocycles. The van der Waals surface area contributed by atoms with Crippen molar-refractivity contribution in [2.75, 3.05) is 0 Å². The van der Waals surface area contributed by atoms with Gasteiger partial charge in [-0.3, -0.25) is 0 Å². The number of allylic oxidation sites excluding steroid dienone is 2. The molecule has 0 fully saturated rings. The average Bonchev–Trinajstić information content (AvgIpc) is 2.47. The third-order valence-electron chi connectivity index (χ3n) is 2.11. The molecule has 1 aromatic rings. The monoisotopic (exact) mass is 299 g/mol. The standard InChI is InChI=1S/C8H14O2.C8H8.C3H3N/c1-6(7(9)10)5-8(2,3)4;1-2-8-6-4-3-5-7-8;1-2-3-4/h5H,1-4H3,(H,9,10);2-7H,1H2;2H,1H2. The first kappa shape index (κ1) is 21.7. The fourth-order valence-corrected chi connectivity index (χ4v) is 1.30. The predicted molar refractivity (Wildman–Crippen MR) is 93.2 cm³/mol. The summed E-state index contributed by atoms with van der Waals surface area (Å²) in [6.45, 7) is 14.3. The lowest BCUT2D eigenvalue weighted by atomic mass is 9.94. The smallest absolute Gasteiger partial charge is 0.330 e. The number of hydrogen-bond acceptors (Lipinski definition) is 2. The Kier molecular flexibility index (Phi) is 12.0. The second-order valence-electron chi connectivity index (χ2n) is 5.45. The maximum Gasteiger partial charge on any atom is 0.330 e. The molecule has 0 aliphatic heterocycles. The summed E-state index contributed by atoms with van der Waals surface area (Å²) in [5, 5.41) is 16.0. The van der Waals surface area contributed by atoms with E-state index in [0.29, 0.717) is 5.57 Å². The number of hydrogen-bond donors (Lipinski definition) is 1. The summed E-state index contributed by atoms with van der Waals surface area (Å²) < 4.78 is 0. The molecular formula is C19H25NO2. The lowest BCUT2D eigenvalue weighted by Crippen LogP contribution is -2.05.